The summed E-state index contributed by atoms with van der Waals surface area (Å²) in [4.78, 5) is 22.5. The number of hydrogen-bond donors (Lipinski definition) is 0. The highest BCUT2D eigenvalue weighted by Gasteiger charge is 2.12. The van der Waals surface area contributed by atoms with Crippen LogP contribution in [0.15, 0.2) is 42.5 Å². The van der Waals surface area contributed by atoms with E-state index in [4.69, 9.17) is 0 Å². The summed E-state index contributed by atoms with van der Waals surface area (Å²) >= 11 is 0. The summed E-state index contributed by atoms with van der Waals surface area (Å²) < 4.78 is 0. The van der Waals surface area contributed by atoms with E-state index in [-0.39, 0.29) is 11.1 Å². The van der Waals surface area contributed by atoms with Crippen LogP contribution >= 0.6 is 0 Å². The van der Waals surface area contributed by atoms with Crippen LogP contribution in [0.3, 0.4) is 0 Å². The number of carbonyl (C=O) groups excluding carboxylic acids is 2. The summed E-state index contributed by atoms with van der Waals surface area (Å²) in [5.41, 5.74) is 1.94. The van der Waals surface area contributed by atoms with Gasteiger partial charge in [0.05, 0.1) is 11.9 Å². The van der Waals surface area contributed by atoms with E-state index >= 15 is 0 Å². The van der Waals surface area contributed by atoms with E-state index in [0.29, 0.717) is 12.0 Å². The second-order valence-electron chi connectivity index (χ2n) is 5.46. The number of aromatic carboxylic acids is 2. The lowest BCUT2D eigenvalue weighted by molar-refractivity contribution is -0.259. The minimum absolute atomic E-state index is 0.294. The Labute approximate surface area is 135 Å². The summed E-state index contributed by atoms with van der Waals surface area (Å²) in [5, 5.41) is 22.5. The van der Waals surface area contributed by atoms with Gasteiger partial charge in [0, 0.05) is 11.1 Å². The lowest BCUT2D eigenvalue weighted by Gasteiger charge is -2.17. The molecule has 0 atom stereocenters. The maximum absolute atomic E-state index is 11.4. The molecule has 0 aliphatic carbocycles. The zero-order chi connectivity index (χ0) is 16.8. The van der Waals surface area contributed by atoms with Gasteiger partial charge in [-0.2, -0.15) is 0 Å². The zero-order valence-corrected chi connectivity index (χ0v) is 13.0. The fourth-order valence-electron chi connectivity index (χ4n) is 2.70. The van der Waals surface area contributed by atoms with Gasteiger partial charge in [0.15, 0.2) is 0 Å². The van der Waals surface area contributed by atoms with Crippen molar-refractivity contribution in [3.05, 3.63) is 70.3 Å². The van der Waals surface area contributed by atoms with E-state index in [9.17, 15) is 19.8 Å². The highest BCUT2D eigenvalue weighted by Crippen LogP contribution is 2.21. The number of rotatable bonds is 7. The first-order chi connectivity index (χ1) is 11.0. The maximum atomic E-state index is 11.4. The second-order valence-corrected chi connectivity index (χ2v) is 5.46. The third kappa shape index (κ3) is 3.97. The Kier molecular flexibility index (Phi) is 5.52. The predicted molar refractivity (Wildman–Crippen MR) is 83.0 cm³/mol. The van der Waals surface area contributed by atoms with Crippen LogP contribution in [0.5, 0.6) is 0 Å². The number of carboxylic acids is 2. The Morgan fingerprint density at radius 3 is 2.13 bits per heavy atom. The lowest BCUT2D eigenvalue weighted by Crippen LogP contribution is -2.31. The van der Waals surface area contributed by atoms with Gasteiger partial charge in [-0.05, 0) is 36.0 Å². The molecule has 0 aromatic heterocycles. The molecule has 0 unspecified atom stereocenters. The summed E-state index contributed by atoms with van der Waals surface area (Å²) in [5.74, 6) is -3.00. The smallest absolute Gasteiger partial charge is 0.0724 e. The first-order valence-electron chi connectivity index (χ1n) is 7.66. The molecule has 2 aromatic rings. The number of aryl methyl sites for hydroxylation is 1. The summed E-state index contributed by atoms with van der Waals surface area (Å²) in [7, 11) is 0. The van der Waals surface area contributed by atoms with Gasteiger partial charge in [0.25, 0.3) is 0 Å². The van der Waals surface area contributed by atoms with Gasteiger partial charge in [0.2, 0.25) is 0 Å². The second kappa shape index (κ2) is 7.58. The fourth-order valence-corrected chi connectivity index (χ4v) is 2.70. The molecule has 0 aliphatic rings. The highest BCUT2D eigenvalue weighted by atomic mass is 16.4. The summed E-state index contributed by atoms with van der Waals surface area (Å²) in [6.45, 7) is 2.11. The van der Waals surface area contributed by atoms with Gasteiger partial charge in [-0.25, -0.2) is 0 Å². The van der Waals surface area contributed by atoms with Crippen LogP contribution in [0.25, 0.3) is 0 Å². The van der Waals surface area contributed by atoms with Crippen molar-refractivity contribution < 1.29 is 19.8 Å². The number of carboxylic acid groups (broad SMARTS) is 2. The molecule has 23 heavy (non-hydrogen) atoms. The largest absolute Gasteiger partial charge is 0.545 e. The number of unbranched alkanes of at least 4 members (excludes halogenated alkanes) is 1. The van der Waals surface area contributed by atoms with E-state index < -0.39 is 11.9 Å². The molecule has 2 aromatic carbocycles. The van der Waals surface area contributed by atoms with Crippen LogP contribution in [0.4, 0.5) is 0 Å². The van der Waals surface area contributed by atoms with Crippen molar-refractivity contribution in [3.8, 4) is 0 Å². The molecule has 0 fully saturated rings. The standard InChI is InChI=1S/C19H20O4/c1-2-3-7-13-8-4-5-9-14(13)12-15-10-6-11-16(18(20)21)17(15)19(22)23/h4-6,8-11H,2-3,7,12H2,1H3,(H,20,21)(H,22,23)/p-2. The topological polar surface area (TPSA) is 80.3 Å². The minimum atomic E-state index is -1.51. The molecular formula is C19H18O4-2. The molecule has 120 valence electrons. The van der Waals surface area contributed by atoms with Crippen LogP contribution in [-0.4, -0.2) is 11.9 Å². The fraction of sp³-hybridized carbons (Fsp3) is 0.263. The molecule has 0 saturated heterocycles. The van der Waals surface area contributed by atoms with Crippen molar-refractivity contribution in [2.24, 2.45) is 0 Å². The number of carbonyl (C=O) groups is 2. The van der Waals surface area contributed by atoms with E-state index in [0.717, 1.165) is 30.4 Å². The van der Waals surface area contributed by atoms with E-state index in [1.807, 2.05) is 24.3 Å². The summed E-state index contributed by atoms with van der Waals surface area (Å²) in [6, 6.07) is 12.2. The molecule has 4 heteroatoms. The maximum Gasteiger partial charge on any atom is 0.0724 e. The molecule has 0 radical (unpaired) electrons. The Morgan fingerprint density at radius 1 is 0.870 bits per heavy atom. The monoisotopic (exact) mass is 310 g/mol. The molecule has 4 nitrogen and oxygen atoms in total. The van der Waals surface area contributed by atoms with Crippen LogP contribution in [0.2, 0.25) is 0 Å². The van der Waals surface area contributed by atoms with Crippen molar-refractivity contribution in [1.82, 2.24) is 0 Å². The predicted octanol–water partition coefficient (Wildman–Crippen LogP) is 1.35. The quantitative estimate of drug-likeness (QED) is 0.773. The van der Waals surface area contributed by atoms with Crippen LogP contribution < -0.4 is 10.2 Å². The van der Waals surface area contributed by atoms with E-state index in [1.54, 1.807) is 6.07 Å². The van der Waals surface area contributed by atoms with Gasteiger partial charge in [-0.15, -0.1) is 0 Å². The van der Waals surface area contributed by atoms with Crippen LogP contribution in [0.1, 0.15) is 57.2 Å². The van der Waals surface area contributed by atoms with Crippen LogP contribution in [0, 0.1) is 0 Å². The van der Waals surface area contributed by atoms with Crippen molar-refractivity contribution in [2.75, 3.05) is 0 Å². The molecule has 0 amide bonds. The Balaban J connectivity index is 2.43. The first kappa shape index (κ1) is 16.7. The highest BCUT2D eigenvalue weighted by molar-refractivity contribution is 6.01. The van der Waals surface area contributed by atoms with Crippen LogP contribution in [-0.2, 0) is 12.8 Å². The molecule has 2 rings (SSSR count). The average molecular weight is 310 g/mol. The average Bonchev–Trinajstić information content (AvgIpc) is 2.53. The Morgan fingerprint density at radius 2 is 1.52 bits per heavy atom. The van der Waals surface area contributed by atoms with E-state index in [2.05, 4.69) is 6.92 Å². The Hall–Kier alpha value is -2.62. The zero-order valence-electron chi connectivity index (χ0n) is 13.0. The van der Waals surface area contributed by atoms with Gasteiger partial charge < -0.3 is 19.8 Å². The lowest BCUT2D eigenvalue weighted by atomic mass is 9.92. The van der Waals surface area contributed by atoms with Crippen molar-refractivity contribution >= 4 is 11.9 Å². The number of hydrogen-bond acceptors (Lipinski definition) is 4. The van der Waals surface area contributed by atoms with Crippen molar-refractivity contribution in [2.45, 2.75) is 32.6 Å². The third-order valence-electron chi connectivity index (χ3n) is 3.87. The first-order valence-corrected chi connectivity index (χ1v) is 7.66. The molecule has 0 aliphatic heterocycles. The number of benzene rings is 2. The third-order valence-corrected chi connectivity index (χ3v) is 3.87. The van der Waals surface area contributed by atoms with Gasteiger partial charge in [0.1, 0.15) is 0 Å². The normalized spacial score (nSPS) is 10.5. The molecule has 0 heterocycles. The molecule has 0 spiro atoms. The van der Waals surface area contributed by atoms with Crippen molar-refractivity contribution in [1.29, 1.82) is 0 Å². The minimum Gasteiger partial charge on any atom is -0.545 e. The van der Waals surface area contributed by atoms with Crippen molar-refractivity contribution in [3.63, 3.8) is 0 Å². The summed E-state index contributed by atoms with van der Waals surface area (Å²) in [6.07, 6.45) is 3.38. The Bertz CT molecular complexity index is 719. The van der Waals surface area contributed by atoms with Gasteiger partial charge in [-0.1, -0.05) is 55.8 Å². The van der Waals surface area contributed by atoms with Gasteiger partial charge in [-0.3, -0.25) is 0 Å². The molecule has 0 saturated carbocycles. The SMILES string of the molecule is CCCCc1ccccc1Cc1cccc(C(=O)[O-])c1C(=O)[O-]. The molecule has 0 N–H and O–H groups in total. The van der Waals surface area contributed by atoms with Gasteiger partial charge >= 0.3 is 0 Å². The molecule has 0 bridgehead atoms. The molecular weight excluding hydrogens is 292 g/mol. The van der Waals surface area contributed by atoms with E-state index in [1.165, 1.54) is 12.1 Å².